The molecule has 0 aliphatic heterocycles. The summed E-state index contributed by atoms with van der Waals surface area (Å²) in [6.45, 7) is 4.79. The lowest BCUT2D eigenvalue weighted by Crippen LogP contribution is -2.05. The number of unbranched alkanes of at least 4 members (excludes halogenated alkanes) is 2. The van der Waals surface area contributed by atoms with Crippen LogP contribution >= 0.6 is 11.8 Å². The molecule has 2 nitrogen and oxygen atoms in total. The van der Waals surface area contributed by atoms with Crippen LogP contribution in [-0.4, -0.2) is 18.3 Å². The maximum atomic E-state index is 11.7. The lowest BCUT2D eigenvalue weighted by molar-refractivity contribution is 0.0499. The maximum Gasteiger partial charge on any atom is 0.338 e. The third-order valence-electron chi connectivity index (χ3n) is 2.59. The molecule has 1 aromatic rings. The van der Waals surface area contributed by atoms with Crippen LogP contribution in [0.4, 0.5) is 0 Å². The third kappa shape index (κ3) is 5.58. The Kier molecular flexibility index (Phi) is 7.58. The number of benzene rings is 1. The van der Waals surface area contributed by atoms with Crippen LogP contribution in [0.5, 0.6) is 0 Å². The van der Waals surface area contributed by atoms with Crippen molar-refractivity contribution in [2.45, 2.75) is 44.4 Å². The van der Waals surface area contributed by atoms with Crippen molar-refractivity contribution in [3.8, 4) is 0 Å². The van der Waals surface area contributed by atoms with Crippen molar-refractivity contribution in [3.05, 3.63) is 29.8 Å². The van der Waals surface area contributed by atoms with E-state index in [1.165, 1.54) is 17.7 Å². The molecule has 18 heavy (non-hydrogen) atoms. The lowest BCUT2D eigenvalue weighted by Gasteiger charge is -2.05. The number of hydrogen-bond donors (Lipinski definition) is 0. The molecular formula is C15H22O2S. The standard InChI is InChI=1S/C15H22O2S/c1-3-5-11-17-15(16)13-7-9-14(10-8-13)18-12-6-4-2/h7-10H,3-6,11-12H2,1-2H3. The molecule has 0 radical (unpaired) electrons. The summed E-state index contributed by atoms with van der Waals surface area (Å²) in [4.78, 5) is 12.9. The minimum absolute atomic E-state index is 0.214. The molecule has 0 saturated heterocycles. The molecule has 0 heterocycles. The highest BCUT2D eigenvalue weighted by atomic mass is 32.2. The van der Waals surface area contributed by atoms with Gasteiger partial charge in [0.25, 0.3) is 0 Å². The lowest BCUT2D eigenvalue weighted by atomic mass is 10.2. The Morgan fingerprint density at radius 3 is 2.39 bits per heavy atom. The quantitative estimate of drug-likeness (QED) is 0.392. The molecule has 0 amide bonds. The van der Waals surface area contributed by atoms with Crippen LogP contribution < -0.4 is 0 Å². The molecule has 0 fully saturated rings. The van der Waals surface area contributed by atoms with Gasteiger partial charge < -0.3 is 4.74 Å². The van der Waals surface area contributed by atoms with Gasteiger partial charge in [0.15, 0.2) is 0 Å². The summed E-state index contributed by atoms with van der Waals surface area (Å²) in [5.41, 5.74) is 0.644. The monoisotopic (exact) mass is 266 g/mol. The van der Waals surface area contributed by atoms with Crippen LogP contribution in [0.25, 0.3) is 0 Å². The van der Waals surface area contributed by atoms with Gasteiger partial charge in [0.2, 0.25) is 0 Å². The van der Waals surface area contributed by atoms with Crippen molar-refractivity contribution < 1.29 is 9.53 Å². The zero-order chi connectivity index (χ0) is 13.2. The summed E-state index contributed by atoms with van der Waals surface area (Å²) >= 11 is 1.83. The van der Waals surface area contributed by atoms with E-state index < -0.39 is 0 Å². The molecule has 0 aromatic heterocycles. The Bertz CT molecular complexity index is 346. The van der Waals surface area contributed by atoms with Gasteiger partial charge in [0, 0.05) is 4.90 Å². The highest BCUT2D eigenvalue weighted by Gasteiger charge is 2.06. The molecule has 1 rings (SSSR count). The molecule has 0 spiro atoms. The summed E-state index contributed by atoms with van der Waals surface area (Å²) in [5, 5.41) is 0. The van der Waals surface area contributed by atoms with E-state index in [0.717, 1.165) is 18.6 Å². The molecular weight excluding hydrogens is 244 g/mol. The van der Waals surface area contributed by atoms with Gasteiger partial charge >= 0.3 is 5.97 Å². The molecule has 0 atom stereocenters. The van der Waals surface area contributed by atoms with Gasteiger partial charge in [-0.25, -0.2) is 4.79 Å². The third-order valence-corrected chi connectivity index (χ3v) is 3.69. The second-order valence-electron chi connectivity index (χ2n) is 4.22. The van der Waals surface area contributed by atoms with Crippen LogP contribution in [0.15, 0.2) is 29.2 Å². The van der Waals surface area contributed by atoms with Crippen molar-refractivity contribution >= 4 is 17.7 Å². The molecule has 0 aliphatic rings. The second kappa shape index (κ2) is 9.03. The van der Waals surface area contributed by atoms with Gasteiger partial charge in [-0.3, -0.25) is 0 Å². The molecule has 0 bridgehead atoms. The van der Waals surface area contributed by atoms with Gasteiger partial charge in [-0.05, 0) is 42.9 Å². The Hall–Kier alpha value is -0.960. The van der Waals surface area contributed by atoms with Crippen LogP contribution in [0.2, 0.25) is 0 Å². The van der Waals surface area contributed by atoms with E-state index in [1.54, 1.807) is 0 Å². The summed E-state index contributed by atoms with van der Waals surface area (Å²) < 4.78 is 5.16. The van der Waals surface area contributed by atoms with E-state index in [-0.39, 0.29) is 5.97 Å². The highest BCUT2D eigenvalue weighted by Crippen LogP contribution is 2.20. The minimum Gasteiger partial charge on any atom is -0.462 e. The van der Waals surface area contributed by atoms with Gasteiger partial charge in [0.1, 0.15) is 0 Å². The molecule has 1 aromatic carbocycles. The zero-order valence-corrected chi connectivity index (χ0v) is 12.1. The smallest absolute Gasteiger partial charge is 0.338 e. The first-order valence-corrected chi connectivity index (χ1v) is 7.66. The first-order valence-electron chi connectivity index (χ1n) is 6.68. The largest absolute Gasteiger partial charge is 0.462 e. The fourth-order valence-electron chi connectivity index (χ4n) is 1.41. The predicted molar refractivity (Wildman–Crippen MR) is 77.3 cm³/mol. The topological polar surface area (TPSA) is 26.3 Å². The van der Waals surface area contributed by atoms with E-state index >= 15 is 0 Å². The fourth-order valence-corrected chi connectivity index (χ4v) is 2.41. The van der Waals surface area contributed by atoms with Crippen molar-refractivity contribution in [1.29, 1.82) is 0 Å². The first kappa shape index (κ1) is 15.1. The zero-order valence-electron chi connectivity index (χ0n) is 11.3. The van der Waals surface area contributed by atoms with Gasteiger partial charge in [0.05, 0.1) is 12.2 Å². The van der Waals surface area contributed by atoms with Crippen LogP contribution in [0.1, 0.15) is 49.9 Å². The maximum absolute atomic E-state index is 11.7. The van der Waals surface area contributed by atoms with E-state index in [2.05, 4.69) is 13.8 Å². The molecule has 0 aliphatic carbocycles. The highest BCUT2D eigenvalue weighted by molar-refractivity contribution is 7.99. The van der Waals surface area contributed by atoms with Crippen LogP contribution in [-0.2, 0) is 4.74 Å². The summed E-state index contributed by atoms with van der Waals surface area (Å²) in [6, 6.07) is 7.69. The van der Waals surface area contributed by atoms with E-state index in [1.807, 2.05) is 36.0 Å². The number of ether oxygens (including phenoxy) is 1. The van der Waals surface area contributed by atoms with Crippen molar-refractivity contribution in [2.75, 3.05) is 12.4 Å². The van der Waals surface area contributed by atoms with Crippen LogP contribution in [0, 0.1) is 0 Å². The fraction of sp³-hybridized carbons (Fsp3) is 0.533. The van der Waals surface area contributed by atoms with E-state index in [4.69, 9.17) is 4.74 Å². The van der Waals surface area contributed by atoms with Gasteiger partial charge in [-0.1, -0.05) is 26.7 Å². The van der Waals surface area contributed by atoms with Gasteiger partial charge in [-0.15, -0.1) is 11.8 Å². The molecule has 3 heteroatoms. The van der Waals surface area contributed by atoms with Gasteiger partial charge in [-0.2, -0.15) is 0 Å². The van der Waals surface area contributed by atoms with E-state index in [9.17, 15) is 4.79 Å². The summed E-state index contributed by atoms with van der Waals surface area (Å²) in [5.74, 6) is 0.921. The second-order valence-corrected chi connectivity index (χ2v) is 5.38. The van der Waals surface area contributed by atoms with Crippen molar-refractivity contribution in [1.82, 2.24) is 0 Å². The van der Waals surface area contributed by atoms with Crippen molar-refractivity contribution in [3.63, 3.8) is 0 Å². The average molecular weight is 266 g/mol. The predicted octanol–water partition coefficient (Wildman–Crippen LogP) is 4.54. The number of thioether (sulfide) groups is 1. The SMILES string of the molecule is CCCCOC(=O)c1ccc(SCCCC)cc1. The minimum atomic E-state index is -0.214. The van der Waals surface area contributed by atoms with E-state index in [0.29, 0.717) is 12.2 Å². The first-order chi connectivity index (χ1) is 8.77. The normalized spacial score (nSPS) is 10.3. The summed E-state index contributed by atoms with van der Waals surface area (Å²) in [7, 11) is 0. The molecule has 0 N–H and O–H groups in total. The number of carbonyl (C=O) groups excluding carboxylic acids is 1. The number of esters is 1. The molecule has 0 saturated carbocycles. The molecule has 100 valence electrons. The average Bonchev–Trinajstić information content (AvgIpc) is 2.40. The Balaban J connectivity index is 2.41. The Morgan fingerprint density at radius 1 is 1.11 bits per heavy atom. The Morgan fingerprint density at radius 2 is 1.78 bits per heavy atom. The number of carbonyl (C=O) groups is 1. The molecule has 0 unspecified atom stereocenters. The summed E-state index contributed by atoms with van der Waals surface area (Å²) in [6.07, 6.45) is 4.41. The number of rotatable bonds is 8. The number of hydrogen-bond acceptors (Lipinski definition) is 3. The van der Waals surface area contributed by atoms with Crippen molar-refractivity contribution in [2.24, 2.45) is 0 Å². The van der Waals surface area contributed by atoms with Crippen LogP contribution in [0.3, 0.4) is 0 Å². The Labute approximate surface area is 114 Å².